The van der Waals surface area contributed by atoms with E-state index in [0.29, 0.717) is 42.7 Å². The van der Waals surface area contributed by atoms with Crippen LogP contribution in [0.2, 0.25) is 0 Å². The van der Waals surface area contributed by atoms with Crippen molar-refractivity contribution in [2.24, 2.45) is 0 Å². The molecule has 32 heavy (non-hydrogen) atoms. The number of nitrogens with zero attached hydrogens (tertiary/aromatic N) is 4. The summed E-state index contributed by atoms with van der Waals surface area (Å²) in [4.78, 5) is 31.3. The van der Waals surface area contributed by atoms with Crippen LogP contribution in [-0.2, 0) is 6.54 Å². The van der Waals surface area contributed by atoms with Crippen molar-refractivity contribution in [1.82, 2.24) is 24.3 Å². The number of rotatable bonds is 7. The summed E-state index contributed by atoms with van der Waals surface area (Å²) in [7, 11) is 0. The second kappa shape index (κ2) is 8.84. The van der Waals surface area contributed by atoms with Gasteiger partial charge in [0.25, 0.3) is 11.1 Å². The minimum atomic E-state index is -0.298. The number of benzene rings is 1. The van der Waals surface area contributed by atoms with Crippen molar-refractivity contribution in [3.63, 3.8) is 0 Å². The summed E-state index contributed by atoms with van der Waals surface area (Å²) in [5.41, 5.74) is 1.05. The maximum Gasteiger partial charge on any atom is 0.270 e. The van der Waals surface area contributed by atoms with Gasteiger partial charge in [-0.05, 0) is 44.1 Å². The number of likely N-dealkylation sites (tertiary alicyclic amines) is 1. The van der Waals surface area contributed by atoms with Crippen molar-refractivity contribution >= 4 is 11.2 Å². The van der Waals surface area contributed by atoms with Crippen molar-refractivity contribution in [3.05, 3.63) is 69.1 Å². The molecule has 1 saturated heterocycles. The van der Waals surface area contributed by atoms with Gasteiger partial charge < -0.3 is 15.0 Å². The van der Waals surface area contributed by atoms with Gasteiger partial charge in [-0.1, -0.05) is 6.07 Å². The van der Waals surface area contributed by atoms with Crippen LogP contribution in [0.15, 0.2) is 52.2 Å². The summed E-state index contributed by atoms with van der Waals surface area (Å²) < 4.78 is 22.2. The fourth-order valence-corrected chi connectivity index (χ4v) is 4.77. The van der Waals surface area contributed by atoms with E-state index < -0.39 is 0 Å². The van der Waals surface area contributed by atoms with E-state index in [2.05, 4.69) is 15.2 Å². The highest BCUT2D eigenvalue weighted by Gasteiger charge is 2.29. The molecule has 0 spiro atoms. The number of hydrogen-bond acceptors (Lipinski definition) is 6. The predicted octanol–water partition coefficient (Wildman–Crippen LogP) is 1.38. The molecule has 1 N–H and O–H groups in total. The highest BCUT2D eigenvalue weighted by Crippen LogP contribution is 2.24. The standard InChI is InChI=1S/C23H26FN5O3/c24-16-2-1-3-19(12-16)32-11-8-25-17-6-9-27(10-7-17)14-18-15-28-21(30)5-4-20-23(28)29(18)22(31)13-26-20/h1-5,12-13,17-18,25H,6-11,14-15H2. The maximum atomic E-state index is 13.2. The highest BCUT2D eigenvalue weighted by molar-refractivity contribution is 5.71. The first-order valence-electron chi connectivity index (χ1n) is 11.0. The van der Waals surface area contributed by atoms with Gasteiger partial charge in [0.2, 0.25) is 0 Å². The molecule has 1 fully saturated rings. The van der Waals surface area contributed by atoms with Gasteiger partial charge >= 0.3 is 0 Å². The fraction of sp³-hybridized carbons (Fsp3) is 0.435. The highest BCUT2D eigenvalue weighted by atomic mass is 19.1. The van der Waals surface area contributed by atoms with Crippen molar-refractivity contribution in [2.75, 3.05) is 32.8 Å². The fourth-order valence-electron chi connectivity index (χ4n) is 4.77. The van der Waals surface area contributed by atoms with Crippen LogP contribution in [0, 0.1) is 5.82 Å². The molecule has 1 unspecified atom stereocenters. The number of halogens is 1. The SMILES string of the molecule is O=c1ccc2ncc(=O)n3c2n1CC3CN1CCC(NCCOc2cccc(F)c2)CC1. The van der Waals surface area contributed by atoms with E-state index in [1.165, 1.54) is 24.4 Å². The molecule has 168 valence electrons. The molecule has 0 saturated carbocycles. The first-order chi connectivity index (χ1) is 15.6. The van der Waals surface area contributed by atoms with E-state index in [-0.39, 0.29) is 23.0 Å². The van der Waals surface area contributed by atoms with E-state index in [1.807, 2.05) is 0 Å². The molecule has 1 aromatic carbocycles. The number of piperidine rings is 1. The number of aromatic nitrogens is 3. The van der Waals surface area contributed by atoms with Crippen LogP contribution >= 0.6 is 0 Å². The molecule has 1 atom stereocenters. The van der Waals surface area contributed by atoms with Crippen molar-refractivity contribution in [1.29, 1.82) is 0 Å². The van der Waals surface area contributed by atoms with E-state index >= 15 is 0 Å². The number of nitrogens with one attached hydrogen (secondary N) is 1. The molecule has 3 aromatic rings. The molecule has 2 aromatic heterocycles. The third-order valence-electron chi connectivity index (χ3n) is 6.33. The summed E-state index contributed by atoms with van der Waals surface area (Å²) >= 11 is 0. The zero-order valence-corrected chi connectivity index (χ0v) is 17.7. The third kappa shape index (κ3) is 4.18. The van der Waals surface area contributed by atoms with Gasteiger partial charge in [0, 0.05) is 37.8 Å². The Hall–Kier alpha value is -3.04. The minimum Gasteiger partial charge on any atom is -0.492 e. The molecule has 0 bridgehead atoms. The van der Waals surface area contributed by atoms with Crippen LogP contribution < -0.4 is 21.2 Å². The lowest BCUT2D eigenvalue weighted by atomic mass is 10.0. The Morgan fingerprint density at radius 1 is 1.12 bits per heavy atom. The molecule has 0 aliphatic carbocycles. The van der Waals surface area contributed by atoms with Gasteiger partial charge in [-0.3, -0.25) is 18.7 Å². The predicted molar refractivity (Wildman–Crippen MR) is 119 cm³/mol. The van der Waals surface area contributed by atoms with Crippen molar-refractivity contribution in [3.8, 4) is 5.75 Å². The topological polar surface area (TPSA) is 81.4 Å². The zero-order valence-electron chi connectivity index (χ0n) is 17.7. The lowest BCUT2D eigenvalue weighted by Crippen LogP contribution is -2.45. The minimum absolute atomic E-state index is 0.0627. The zero-order chi connectivity index (χ0) is 22.1. The van der Waals surface area contributed by atoms with Gasteiger partial charge in [-0.25, -0.2) is 9.37 Å². The van der Waals surface area contributed by atoms with Crippen LogP contribution in [0.5, 0.6) is 5.75 Å². The number of hydrogen-bond donors (Lipinski definition) is 1. The van der Waals surface area contributed by atoms with Crippen molar-refractivity contribution < 1.29 is 9.13 Å². The average molecular weight is 439 g/mol. The summed E-state index contributed by atoms with van der Waals surface area (Å²) in [6.07, 6.45) is 3.35. The van der Waals surface area contributed by atoms with Gasteiger partial charge in [-0.2, -0.15) is 0 Å². The van der Waals surface area contributed by atoms with Crippen LogP contribution in [0.25, 0.3) is 11.2 Å². The smallest absolute Gasteiger partial charge is 0.270 e. The largest absolute Gasteiger partial charge is 0.492 e. The summed E-state index contributed by atoms with van der Waals surface area (Å²) in [6, 6.07) is 9.71. The van der Waals surface area contributed by atoms with Gasteiger partial charge in [0.15, 0.2) is 0 Å². The third-order valence-corrected chi connectivity index (χ3v) is 6.33. The average Bonchev–Trinajstić information content (AvgIpc) is 3.18. The lowest BCUT2D eigenvalue weighted by molar-refractivity contribution is 0.169. The Balaban J connectivity index is 1.12. The van der Waals surface area contributed by atoms with Crippen LogP contribution in [0.4, 0.5) is 4.39 Å². The van der Waals surface area contributed by atoms with Gasteiger partial charge in [-0.15, -0.1) is 0 Å². The summed E-state index contributed by atoms with van der Waals surface area (Å²) in [5.74, 6) is 0.242. The van der Waals surface area contributed by atoms with E-state index in [0.717, 1.165) is 32.5 Å². The number of ether oxygens (including phenoxy) is 1. The first-order valence-corrected chi connectivity index (χ1v) is 11.0. The monoisotopic (exact) mass is 439 g/mol. The maximum absolute atomic E-state index is 13.2. The first kappa shape index (κ1) is 20.8. The van der Waals surface area contributed by atoms with Crippen LogP contribution in [0.3, 0.4) is 0 Å². The Kier molecular flexibility index (Phi) is 5.75. The molecule has 0 radical (unpaired) electrons. The molecule has 2 aliphatic rings. The molecule has 2 aliphatic heterocycles. The molecular formula is C23H26FN5O3. The summed E-state index contributed by atoms with van der Waals surface area (Å²) in [6.45, 7) is 4.27. The Morgan fingerprint density at radius 3 is 2.78 bits per heavy atom. The molecule has 5 rings (SSSR count). The quantitative estimate of drug-likeness (QED) is 0.561. The molecule has 4 heterocycles. The molecule has 9 heteroatoms. The normalized spacial score (nSPS) is 19.0. The molecular weight excluding hydrogens is 413 g/mol. The van der Waals surface area contributed by atoms with Crippen LogP contribution in [0.1, 0.15) is 18.9 Å². The van der Waals surface area contributed by atoms with E-state index in [1.54, 1.807) is 27.3 Å². The van der Waals surface area contributed by atoms with E-state index in [9.17, 15) is 14.0 Å². The van der Waals surface area contributed by atoms with E-state index in [4.69, 9.17) is 4.74 Å². The Labute approximate surface area is 184 Å². The Morgan fingerprint density at radius 2 is 1.97 bits per heavy atom. The second-order valence-electron chi connectivity index (χ2n) is 8.45. The second-order valence-corrected chi connectivity index (χ2v) is 8.45. The number of pyridine rings is 1. The lowest BCUT2D eigenvalue weighted by Gasteiger charge is -2.34. The summed E-state index contributed by atoms with van der Waals surface area (Å²) in [5, 5.41) is 3.51. The molecule has 8 nitrogen and oxygen atoms in total. The molecule has 0 amide bonds. The van der Waals surface area contributed by atoms with Gasteiger partial charge in [0.1, 0.15) is 29.3 Å². The van der Waals surface area contributed by atoms with Gasteiger partial charge in [0.05, 0.1) is 12.2 Å². The van der Waals surface area contributed by atoms with Crippen LogP contribution in [-0.4, -0.2) is 57.8 Å². The Bertz CT molecular complexity index is 1230. The van der Waals surface area contributed by atoms with Crippen molar-refractivity contribution in [2.45, 2.75) is 31.5 Å².